The number of aromatic amines is 1. The predicted molar refractivity (Wildman–Crippen MR) is 78.7 cm³/mol. The lowest BCUT2D eigenvalue weighted by atomic mass is 10.1. The molecule has 0 saturated carbocycles. The third-order valence-corrected chi connectivity index (χ3v) is 3.16. The largest absolute Gasteiger partial charge is 0.506 e. The Morgan fingerprint density at radius 3 is 2.85 bits per heavy atom. The van der Waals surface area contributed by atoms with Crippen molar-refractivity contribution in [3.05, 3.63) is 60.3 Å². The summed E-state index contributed by atoms with van der Waals surface area (Å²) in [7, 11) is 0. The number of benzene rings is 2. The van der Waals surface area contributed by atoms with Crippen molar-refractivity contribution in [2.24, 2.45) is 0 Å². The topological polar surface area (TPSA) is 65.1 Å². The highest BCUT2D eigenvalue weighted by Gasteiger charge is 2.07. The maximum Gasteiger partial charge on any atom is 0.228 e. The summed E-state index contributed by atoms with van der Waals surface area (Å²) < 4.78 is 0. The van der Waals surface area contributed by atoms with Gasteiger partial charge in [-0.3, -0.25) is 4.79 Å². The number of carbonyl (C=O) groups excluding carboxylic acids is 1. The average molecular weight is 266 g/mol. The number of phenols is 1. The molecule has 0 radical (unpaired) electrons. The van der Waals surface area contributed by atoms with E-state index >= 15 is 0 Å². The number of aromatic hydroxyl groups is 1. The van der Waals surface area contributed by atoms with Gasteiger partial charge in [-0.2, -0.15) is 0 Å². The molecule has 3 aromatic rings. The molecule has 1 heterocycles. The molecule has 0 atom stereocenters. The molecule has 20 heavy (non-hydrogen) atoms. The van der Waals surface area contributed by atoms with Gasteiger partial charge in [-0.15, -0.1) is 0 Å². The van der Waals surface area contributed by atoms with Crippen LogP contribution in [0.2, 0.25) is 0 Å². The van der Waals surface area contributed by atoms with Gasteiger partial charge in [0.05, 0.1) is 12.1 Å². The zero-order valence-electron chi connectivity index (χ0n) is 10.8. The summed E-state index contributed by atoms with van der Waals surface area (Å²) in [6.45, 7) is 0. The summed E-state index contributed by atoms with van der Waals surface area (Å²) >= 11 is 0. The maximum absolute atomic E-state index is 12.0. The molecular formula is C16H14N2O2. The monoisotopic (exact) mass is 266 g/mol. The fraction of sp³-hybridized carbons (Fsp3) is 0.0625. The molecule has 0 saturated heterocycles. The van der Waals surface area contributed by atoms with E-state index in [2.05, 4.69) is 10.3 Å². The molecule has 0 fully saturated rings. The van der Waals surface area contributed by atoms with Crippen LogP contribution in [0, 0.1) is 0 Å². The third-order valence-electron chi connectivity index (χ3n) is 3.16. The fourth-order valence-corrected chi connectivity index (χ4v) is 2.16. The number of anilines is 1. The number of para-hydroxylation sites is 2. The number of amides is 1. The molecule has 4 heteroatoms. The Morgan fingerprint density at radius 1 is 1.15 bits per heavy atom. The zero-order valence-corrected chi connectivity index (χ0v) is 10.8. The van der Waals surface area contributed by atoms with Crippen LogP contribution in [0.25, 0.3) is 10.9 Å². The van der Waals surface area contributed by atoms with E-state index in [1.165, 1.54) is 0 Å². The molecule has 0 unspecified atom stereocenters. The second kappa shape index (κ2) is 5.09. The van der Waals surface area contributed by atoms with Crippen LogP contribution >= 0.6 is 0 Å². The van der Waals surface area contributed by atoms with Gasteiger partial charge >= 0.3 is 0 Å². The Labute approximate surface area is 116 Å². The highest BCUT2D eigenvalue weighted by molar-refractivity contribution is 5.94. The minimum Gasteiger partial charge on any atom is -0.506 e. The van der Waals surface area contributed by atoms with E-state index in [0.29, 0.717) is 5.69 Å². The highest BCUT2D eigenvalue weighted by atomic mass is 16.3. The Morgan fingerprint density at radius 2 is 2.00 bits per heavy atom. The van der Waals surface area contributed by atoms with Crippen LogP contribution in [0.5, 0.6) is 5.75 Å². The summed E-state index contributed by atoms with van der Waals surface area (Å²) in [5.41, 5.74) is 2.36. The summed E-state index contributed by atoms with van der Waals surface area (Å²) in [5, 5.41) is 13.4. The fourth-order valence-electron chi connectivity index (χ4n) is 2.16. The standard InChI is InChI=1S/C16H14N2O2/c19-15-4-2-1-3-13(15)18-16(20)10-11-5-6-12-7-8-17-14(12)9-11/h1-9,17,19H,10H2,(H,18,20). The van der Waals surface area contributed by atoms with E-state index in [1.807, 2.05) is 30.5 Å². The van der Waals surface area contributed by atoms with Gasteiger partial charge in [0.15, 0.2) is 0 Å². The number of rotatable bonds is 3. The molecule has 3 rings (SSSR count). The molecular weight excluding hydrogens is 252 g/mol. The van der Waals surface area contributed by atoms with Gasteiger partial charge in [-0.05, 0) is 35.2 Å². The van der Waals surface area contributed by atoms with Gasteiger partial charge in [-0.1, -0.05) is 24.3 Å². The second-order valence-corrected chi connectivity index (χ2v) is 4.64. The first-order chi connectivity index (χ1) is 9.72. The lowest BCUT2D eigenvalue weighted by molar-refractivity contribution is -0.115. The van der Waals surface area contributed by atoms with Crippen LogP contribution < -0.4 is 5.32 Å². The van der Waals surface area contributed by atoms with E-state index in [0.717, 1.165) is 16.5 Å². The van der Waals surface area contributed by atoms with E-state index < -0.39 is 0 Å². The number of nitrogens with one attached hydrogen (secondary N) is 2. The van der Waals surface area contributed by atoms with Crippen LogP contribution in [0.3, 0.4) is 0 Å². The number of fused-ring (bicyclic) bond motifs is 1. The number of H-pyrrole nitrogens is 1. The Hall–Kier alpha value is -2.75. The van der Waals surface area contributed by atoms with Crippen LogP contribution in [0.4, 0.5) is 5.69 Å². The molecule has 3 N–H and O–H groups in total. The summed E-state index contributed by atoms with van der Waals surface area (Å²) in [5.74, 6) is -0.0851. The van der Waals surface area contributed by atoms with Gasteiger partial charge in [0.1, 0.15) is 5.75 Å². The van der Waals surface area contributed by atoms with Gasteiger partial charge in [-0.25, -0.2) is 0 Å². The molecule has 0 aliphatic carbocycles. The quantitative estimate of drug-likeness (QED) is 0.638. The van der Waals surface area contributed by atoms with Crippen LogP contribution in [0.15, 0.2) is 54.7 Å². The molecule has 2 aromatic carbocycles. The van der Waals surface area contributed by atoms with E-state index in [4.69, 9.17) is 0 Å². The molecule has 0 spiro atoms. The number of hydrogen-bond acceptors (Lipinski definition) is 2. The number of phenolic OH excluding ortho intramolecular Hbond substituents is 1. The van der Waals surface area contributed by atoms with Crippen molar-refractivity contribution in [1.82, 2.24) is 4.98 Å². The molecule has 1 aromatic heterocycles. The number of carbonyl (C=O) groups is 1. The van der Waals surface area contributed by atoms with Gasteiger partial charge in [0.2, 0.25) is 5.91 Å². The minimum absolute atomic E-state index is 0.0701. The lowest BCUT2D eigenvalue weighted by Gasteiger charge is -2.07. The lowest BCUT2D eigenvalue weighted by Crippen LogP contribution is -2.14. The Balaban J connectivity index is 1.74. The van der Waals surface area contributed by atoms with Crippen LogP contribution in [-0.2, 0) is 11.2 Å². The van der Waals surface area contributed by atoms with Crippen LogP contribution in [-0.4, -0.2) is 16.0 Å². The summed E-state index contributed by atoms with van der Waals surface area (Å²) in [6, 6.07) is 14.5. The zero-order chi connectivity index (χ0) is 13.9. The van der Waals surface area contributed by atoms with Crippen molar-refractivity contribution in [3.63, 3.8) is 0 Å². The normalized spacial score (nSPS) is 10.6. The van der Waals surface area contributed by atoms with Crippen molar-refractivity contribution in [3.8, 4) is 5.75 Å². The van der Waals surface area contributed by atoms with Gasteiger partial charge in [0.25, 0.3) is 0 Å². The Kier molecular flexibility index (Phi) is 3.13. The summed E-state index contributed by atoms with van der Waals surface area (Å²) in [6.07, 6.45) is 2.14. The molecule has 0 aliphatic rings. The first-order valence-corrected chi connectivity index (χ1v) is 6.36. The average Bonchev–Trinajstić information content (AvgIpc) is 2.89. The summed E-state index contributed by atoms with van der Waals surface area (Å²) in [4.78, 5) is 15.1. The van der Waals surface area contributed by atoms with Gasteiger partial charge < -0.3 is 15.4 Å². The third kappa shape index (κ3) is 2.49. The predicted octanol–water partition coefficient (Wildman–Crippen LogP) is 3.05. The molecule has 100 valence electrons. The van der Waals surface area contributed by atoms with Crippen molar-refractivity contribution < 1.29 is 9.90 Å². The molecule has 0 aliphatic heterocycles. The van der Waals surface area contributed by atoms with Crippen molar-refractivity contribution >= 4 is 22.5 Å². The number of aromatic nitrogens is 1. The highest BCUT2D eigenvalue weighted by Crippen LogP contribution is 2.22. The molecule has 0 bridgehead atoms. The smallest absolute Gasteiger partial charge is 0.228 e. The van der Waals surface area contributed by atoms with E-state index in [1.54, 1.807) is 24.3 Å². The Bertz CT molecular complexity index is 762. The van der Waals surface area contributed by atoms with Gasteiger partial charge in [0, 0.05) is 11.7 Å². The van der Waals surface area contributed by atoms with Crippen molar-refractivity contribution in [1.29, 1.82) is 0 Å². The van der Waals surface area contributed by atoms with Crippen molar-refractivity contribution in [2.45, 2.75) is 6.42 Å². The second-order valence-electron chi connectivity index (χ2n) is 4.64. The number of hydrogen-bond donors (Lipinski definition) is 3. The van der Waals surface area contributed by atoms with Crippen LogP contribution in [0.1, 0.15) is 5.56 Å². The SMILES string of the molecule is O=C(Cc1ccc2cc[nH]c2c1)Nc1ccccc1O. The molecule has 1 amide bonds. The van der Waals surface area contributed by atoms with E-state index in [-0.39, 0.29) is 18.1 Å². The van der Waals surface area contributed by atoms with E-state index in [9.17, 15) is 9.90 Å². The maximum atomic E-state index is 12.0. The first-order valence-electron chi connectivity index (χ1n) is 6.36. The minimum atomic E-state index is -0.155. The first kappa shape index (κ1) is 12.3. The van der Waals surface area contributed by atoms with Crippen molar-refractivity contribution in [2.75, 3.05) is 5.32 Å². The molecule has 4 nitrogen and oxygen atoms in total.